The number of ether oxygens (including phenoxy) is 5. The normalized spacial score (nSPS) is 37.6. The number of rotatable bonds is 8. The zero-order chi connectivity index (χ0) is 26.0. The highest BCUT2D eigenvalue weighted by atomic mass is 16.7. The summed E-state index contributed by atoms with van der Waals surface area (Å²) in [5, 5.41) is 80.2. The van der Waals surface area contributed by atoms with E-state index in [1.54, 1.807) is 0 Å². The smallest absolute Gasteiger partial charge is 0.229 e. The van der Waals surface area contributed by atoms with E-state index in [9.17, 15) is 45.6 Å². The molecule has 10 atom stereocenters. The molecule has 3 rings (SSSR count). The summed E-state index contributed by atoms with van der Waals surface area (Å²) in [7, 11) is 1.31. The molecule has 0 aromatic heterocycles. The van der Waals surface area contributed by atoms with E-state index in [1.165, 1.54) is 26.2 Å². The number of aliphatic hydroxyl groups is 7. The lowest BCUT2D eigenvalue weighted by molar-refractivity contribution is -0.323. The average molecular weight is 506 g/mol. The number of hydrogen-bond donors (Lipinski definition) is 8. The molecule has 1 aromatic rings. The van der Waals surface area contributed by atoms with Crippen LogP contribution in [0, 0.1) is 0 Å². The number of phenols is 1. The molecule has 198 valence electrons. The molecule has 2 aliphatic heterocycles. The van der Waals surface area contributed by atoms with E-state index in [0.717, 1.165) is 0 Å². The van der Waals surface area contributed by atoms with Gasteiger partial charge in [-0.05, 0) is 6.92 Å². The molecule has 0 unspecified atom stereocenters. The van der Waals surface area contributed by atoms with Crippen LogP contribution in [0.4, 0.5) is 0 Å². The van der Waals surface area contributed by atoms with E-state index < -0.39 is 86.2 Å². The van der Waals surface area contributed by atoms with E-state index in [0.29, 0.717) is 0 Å². The van der Waals surface area contributed by atoms with Gasteiger partial charge in [0.25, 0.3) is 0 Å². The number of ketones is 1. The van der Waals surface area contributed by atoms with Gasteiger partial charge in [0.05, 0.1) is 20.3 Å². The maximum atomic E-state index is 12.0. The molecule has 2 aliphatic rings. The molecule has 35 heavy (non-hydrogen) atoms. The lowest BCUT2D eigenvalue weighted by atomic mass is 9.98. The van der Waals surface area contributed by atoms with Crippen LogP contribution in [0.25, 0.3) is 0 Å². The first-order valence-corrected chi connectivity index (χ1v) is 10.7. The van der Waals surface area contributed by atoms with Gasteiger partial charge in [0.2, 0.25) is 6.29 Å². The molecule has 14 heteroatoms. The van der Waals surface area contributed by atoms with Gasteiger partial charge in [-0.1, -0.05) is 0 Å². The Hall–Kier alpha value is -2.11. The molecular weight excluding hydrogens is 476 g/mol. The zero-order valence-electron chi connectivity index (χ0n) is 18.9. The van der Waals surface area contributed by atoms with Crippen molar-refractivity contribution in [3.05, 3.63) is 17.7 Å². The van der Waals surface area contributed by atoms with Crippen LogP contribution in [-0.2, 0) is 14.2 Å². The number of aromatic hydroxyl groups is 1. The van der Waals surface area contributed by atoms with Crippen LogP contribution in [0.1, 0.15) is 17.3 Å². The van der Waals surface area contributed by atoms with Crippen LogP contribution in [0.15, 0.2) is 12.1 Å². The Morgan fingerprint density at radius 1 is 0.886 bits per heavy atom. The van der Waals surface area contributed by atoms with E-state index in [1.807, 2.05) is 0 Å². The third-order valence-electron chi connectivity index (χ3n) is 5.83. The molecule has 8 N–H and O–H groups in total. The van der Waals surface area contributed by atoms with Crippen LogP contribution < -0.4 is 9.47 Å². The van der Waals surface area contributed by atoms with Crippen LogP contribution in [0.5, 0.6) is 17.2 Å². The van der Waals surface area contributed by atoms with Crippen LogP contribution in [0.3, 0.4) is 0 Å². The number of methoxy groups -OCH3 is 1. The van der Waals surface area contributed by atoms with Gasteiger partial charge in [-0.2, -0.15) is 0 Å². The highest BCUT2D eigenvalue weighted by Gasteiger charge is 2.48. The van der Waals surface area contributed by atoms with E-state index in [-0.39, 0.29) is 17.1 Å². The number of carbonyl (C=O) groups is 1. The standard InChI is InChI=1S/C21H30O14/c1-7(23)13-9(24)3-8(31-2)4-10(13)33-21-19(30)17(28)15(26)12(35-21)6-32-20-18(29)16(27)14(25)11(5-22)34-20/h3-4,11-12,14-22,24-30H,5-6H2,1-2H3/t11-,12-,14+,15+,16+,17+,18+,19-,20-,21+/m0/s1. The fraction of sp³-hybridized carbons (Fsp3) is 0.667. The first kappa shape index (κ1) is 27.5. The molecule has 1 aromatic carbocycles. The summed E-state index contributed by atoms with van der Waals surface area (Å²) in [5.41, 5.74) is -0.240. The molecule has 2 heterocycles. The van der Waals surface area contributed by atoms with Crippen molar-refractivity contribution in [1.29, 1.82) is 0 Å². The second-order valence-corrected chi connectivity index (χ2v) is 8.24. The van der Waals surface area contributed by atoms with Gasteiger partial charge in [-0.25, -0.2) is 0 Å². The van der Waals surface area contributed by atoms with Gasteiger partial charge >= 0.3 is 0 Å². The van der Waals surface area contributed by atoms with Crippen molar-refractivity contribution in [2.75, 3.05) is 20.3 Å². The van der Waals surface area contributed by atoms with Crippen LogP contribution >= 0.6 is 0 Å². The summed E-state index contributed by atoms with van der Waals surface area (Å²) < 4.78 is 26.7. The summed E-state index contributed by atoms with van der Waals surface area (Å²) in [4.78, 5) is 12.0. The third kappa shape index (κ3) is 5.67. The Kier molecular flexibility index (Phi) is 8.87. The van der Waals surface area contributed by atoms with Gasteiger partial charge in [0.15, 0.2) is 12.1 Å². The average Bonchev–Trinajstić information content (AvgIpc) is 2.82. The van der Waals surface area contributed by atoms with Gasteiger partial charge in [-0.3, -0.25) is 4.79 Å². The van der Waals surface area contributed by atoms with Gasteiger partial charge in [0, 0.05) is 12.1 Å². The van der Waals surface area contributed by atoms with Crippen molar-refractivity contribution >= 4 is 5.78 Å². The minimum absolute atomic E-state index is 0.121. The number of Topliss-reactive ketones (excluding diaryl/α,β-unsaturated/α-hetero) is 1. The minimum Gasteiger partial charge on any atom is -0.507 e. The largest absolute Gasteiger partial charge is 0.507 e. The molecule has 0 aliphatic carbocycles. The Balaban J connectivity index is 1.76. The molecule has 0 spiro atoms. The summed E-state index contributed by atoms with van der Waals surface area (Å²) in [5.74, 6) is -1.14. The van der Waals surface area contributed by atoms with Crippen molar-refractivity contribution in [3.8, 4) is 17.2 Å². The maximum absolute atomic E-state index is 12.0. The number of aliphatic hydroxyl groups excluding tert-OH is 7. The molecule has 0 bridgehead atoms. The second-order valence-electron chi connectivity index (χ2n) is 8.24. The van der Waals surface area contributed by atoms with Gasteiger partial charge in [-0.15, -0.1) is 0 Å². The monoisotopic (exact) mass is 506 g/mol. The van der Waals surface area contributed by atoms with Crippen molar-refractivity contribution < 1.29 is 69.3 Å². The lowest BCUT2D eigenvalue weighted by Crippen LogP contribution is -2.62. The number of benzene rings is 1. The maximum Gasteiger partial charge on any atom is 0.229 e. The Morgan fingerprint density at radius 2 is 1.46 bits per heavy atom. The number of phenolic OH excluding ortho intramolecular Hbond substituents is 1. The minimum atomic E-state index is -1.79. The first-order valence-electron chi connectivity index (χ1n) is 10.7. The quantitative estimate of drug-likeness (QED) is 0.161. The number of carbonyl (C=O) groups excluding carboxylic acids is 1. The summed E-state index contributed by atoms with van der Waals surface area (Å²) in [6.45, 7) is -0.0707. The topological polar surface area (TPSA) is 225 Å². The fourth-order valence-electron chi connectivity index (χ4n) is 3.81. The van der Waals surface area contributed by atoms with E-state index in [2.05, 4.69) is 0 Å². The summed E-state index contributed by atoms with van der Waals surface area (Å²) in [6, 6.07) is 2.43. The zero-order valence-corrected chi connectivity index (χ0v) is 18.9. The van der Waals surface area contributed by atoms with Crippen molar-refractivity contribution in [2.45, 2.75) is 68.3 Å². The third-order valence-corrected chi connectivity index (χ3v) is 5.83. The lowest BCUT2D eigenvalue weighted by Gasteiger charge is -2.42. The highest BCUT2D eigenvalue weighted by Crippen LogP contribution is 2.36. The molecular formula is C21H30O14. The molecule has 14 nitrogen and oxygen atoms in total. The second kappa shape index (κ2) is 11.3. The van der Waals surface area contributed by atoms with Crippen LogP contribution in [0.2, 0.25) is 0 Å². The molecule has 0 amide bonds. The molecule has 2 saturated heterocycles. The predicted octanol–water partition coefficient (Wildman–Crippen LogP) is -3.39. The molecule has 0 saturated carbocycles. The van der Waals surface area contributed by atoms with Gasteiger partial charge in [0.1, 0.15) is 71.6 Å². The Labute approximate surface area is 199 Å². The number of hydrogen-bond acceptors (Lipinski definition) is 14. The van der Waals surface area contributed by atoms with E-state index in [4.69, 9.17) is 23.7 Å². The summed E-state index contributed by atoms with van der Waals surface area (Å²) >= 11 is 0. The van der Waals surface area contributed by atoms with Crippen molar-refractivity contribution in [1.82, 2.24) is 0 Å². The van der Waals surface area contributed by atoms with E-state index >= 15 is 0 Å². The molecule has 0 radical (unpaired) electrons. The highest BCUT2D eigenvalue weighted by molar-refractivity contribution is 5.99. The Bertz CT molecular complexity index is 878. The predicted molar refractivity (Wildman–Crippen MR) is 112 cm³/mol. The fourth-order valence-corrected chi connectivity index (χ4v) is 3.81. The first-order chi connectivity index (χ1) is 16.5. The molecule has 2 fully saturated rings. The Morgan fingerprint density at radius 3 is 2.03 bits per heavy atom. The summed E-state index contributed by atoms with van der Waals surface area (Å²) in [6.07, 6.45) is -16.1. The van der Waals surface area contributed by atoms with Crippen molar-refractivity contribution in [2.24, 2.45) is 0 Å². The SMILES string of the molecule is COc1cc(O)c(C(C)=O)c(O[C@@H]2O[C@@H](CO[C@H]3O[C@@H](CO)[C@@H](O)[C@@H](O)[C@H]3O)[C@@H](O)[C@@H](O)[C@@H]2O)c1. The van der Waals surface area contributed by atoms with Gasteiger partial charge < -0.3 is 64.5 Å². The van der Waals surface area contributed by atoms with Crippen molar-refractivity contribution in [3.63, 3.8) is 0 Å². The van der Waals surface area contributed by atoms with Crippen LogP contribution in [-0.4, -0.2) is 128 Å².